The molecule has 2 aromatic carbocycles. The number of aryl methyl sites for hydroxylation is 1. The van der Waals surface area contributed by atoms with E-state index < -0.39 is 9.84 Å². The highest BCUT2D eigenvalue weighted by Crippen LogP contribution is 2.43. The van der Waals surface area contributed by atoms with Gasteiger partial charge < -0.3 is 8.98 Å². The number of fused-ring (bicyclic) bond motifs is 2. The van der Waals surface area contributed by atoms with E-state index in [0.29, 0.717) is 33.9 Å². The zero-order valence-electron chi connectivity index (χ0n) is 16.9. The van der Waals surface area contributed by atoms with Crippen LogP contribution in [-0.2, 0) is 22.6 Å². The zero-order chi connectivity index (χ0) is 21.0. The van der Waals surface area contributed by atoms with Crippen molar-refractivity contribution in [1.82, 2.24) is 9.55 Å². The van der Waals surface area contributed by atoms with Crippen molar-refractivity contribution in [3.8, 4) is 11.1 Å². The summed E-state index contributed by atoms with van der Waals surface area (Å²) >= 11 is 0. The molecule has 30 heavy (non-hydrogen) atoms. The lowest BCUT2D eigenvalue weighted by Crippen LogP contribution is -2.16. The van der Waals surface area contributed by atoms with E-state index in [9.17, 15) is 13.2 Å². The second-order valence-electron chi connectivity index (χ2n) is 8.00. The molecule has 0 unspecified atom stereocenters. The SMILES string of the molecule is CCS(=O)(=O)Cc1cc(-c2cn(C)c(=O)c3ccccc23)c2oc(C3CC3)nc2c1. The first-order valence-corrected chi connectivity index (χ1v) is 11.9. The molecular weight excluding hydrogens is 400 g/mol. The molecule has 0 atom stereocenters. The van der Waals surface area contributed by atoms with Gasteiger partial charge in [0.05, 0.1) is 5.75 Å². The van der Waals surface area contributed by atoms with Gasteiger partial charge in [-0.3, -0.25) is 4.79 Å². The van der Waals surface area contributed by atoms with Gasteiger partial charge in [-0.1, -0.05) is 25.1 Å². The molecule has 5 rings (SSSR count). The van der Waals surface area contributed by atoms with Gasteiger partial charge >= 0.3 is 0 Å². The van der Waals surface area contributed by atoms with Crippen LogP contribution in [0.15, 0.2) is 51.8 Å². The molecule has 154 valence electrons. The number of oxazole rings is 1. The summed E-state index contributed by atoms with van der Waals surface area (Å²) in [5.74, 6) is 1.07. The summed E-state index contributed by atoms with van der Waals surface area (Å²) in [6.45, 7) is 1.65. The van der Waals surface area contributed by atoms with E-state index >= 15 is 0 Å². The third-order valence-corrected chi connectivity index (χ3v) is 7.35. The Hall–Kier alpha value is -2.93. The van der Waals surface area contributed by atoms with Crippen molar-refractivity contribution >= 4 is 31.7 Å². The summed E-state index contributed by atoms with van der Waals surface area (Å²) in [6.07, 6.45) is 3.90. The molecule has 0 amide bonds. The fourth-order valence-electron chi connectivity index (χ4n) is 3.88. The minimum absolute atomic E-state index is 0.0538. The van der Waals surface area contributed by atoms with Crippen LogP contribution in [0.25, 0.3) is 33.0 Å². The van der Waals surface area contributed by atoms with Crippen LogP contribution in [0.4, 0.5) is 0 Å². The van der Waals surface area contributed by atoms with Gasteiger partial charge in [0, 0.05) is 41.4 Å². The molecule has 6 nitrogen and oxygen atoms in total. The number of aromatic nitrogens is 2. The van der Waals surface area contributed by atoms with Gasteiger partial charge in [-0.25, -0.2) is 13.4 Å². The Kier molecular flexibility index (Phi) is 4.32. The lowest BCUT2D eigenvalue weighted by molar-refractivity contribution is 0.534. The summed E-state index contributed by atoms with van der Waals surface area (Å²) in [4.78, 5) is 17.3. The first-order chi connectivity index (χ1) is 14.4. The van der Waals surface area contributed by atoms with Crippen LogP contribution in [0.5, 0.6) is 0 Å². The molecule has 0 spiro atoms. The molecule has 1 aliphatic carbocycles. The molecule has 0 radical (unpaired) electrons. The maximum absolute atomic E-state index is 12.6. The molecule has 2 aromatic heterocycles. The van der Waals surface area contributed by atoms with Crippen LogP contribution in [0, 0.1) is 0 Å². The maximum atomic E-state index is 12.6. The third kappa shape index (κ3) is 3.23. The highest BCUT2D eigenvalue weighted by atomic mass is 32.2. The minimum Gasteiger partial charge on any atom is -0.440 e. The lowest BCUT2D eigenvalue weighted by atomic mass is 9.98. The number of benzene rings is 2. The van der Waals surface area contributed by atoms with E-state index in [-0.39, 0.29) is 17.1 Å². The van der Waals surface area contributed by atoms with Crippen molar-refractivity contribution in [2.24, 2.45) is 7.05 Å². The van der Waals surface area contributed by atoms with Crippen LogP contribution in [-0.4, -0.2) is 23.7 Å². The molecule has 0 saturated heterocycles. The molecule has 0 N–H and O–H groups in total. The molecule has 1 fully saturated rings. The largest absolute Gasteiger partial charge is 0.440 e. The van der Waals surface area contributed by atoms with Gasteiger partial charge in [-0.2, -0.15) is 0 Å². The Morgan fingerprint density at radius 3 is 2.57 bits per heavy atom. The summed E-state index contributed by atoms with van der Waals surface area (Å²) in [5, 5.41) is 1.42. The molecule has 1 aliphatic rings. The highest BCUT2D eigenvalue weighted by Gasteiger charge is 2.30. The Morgan fingerprint density at radius 1 is 1.13 bits per heavy atom. The second kappa shape index (κ2) is 6.80. The van der Waals surface area contributed by atoms with E-state index in [1.807, 2.05) is 30.3 Å². The molecular formula is C23H22N2O4S. The van der Waals surface area contributed by atoms with E-state index in [2.05, 4.69) is 4.98 Å². The number of hydrogen-bond acceptors (Lipinski definition) is 5. The molecule has 0 aliphatic heterocycles. The van der Waals surface area contributed by atoms with Crippen LogP contribution in [0.3, 0.4) is 0 Å². The van der Waals surface area contributed by atoms with Crippen LogP contribution in [0.1, 0.15) is 37.1 Å². The molecule has 1 saturated carbocycles. The fraction of sp³-hybridized carbons (Fsp3) is 0.304. The Morgan fingerprint density at radius 2 is 1.87 bits per heavy atom. The predicted octanol–water partition coefficient (Wildman–Crippen LogP) is 4.16. The van der Waals surface area contributed by atoms with E-state index in [1.165, 1.54) is 0 Å². The van der Waals surface area contributed by atoms with Gasteiger partial charge in [0.25, 0.3) is 5.56 Å². The maximum Gasteiger partial charge on any atom is 0.258 e. The summed E-state index contributed by atoms with van der Waals surface area (Å²) in [6, 6.07) is 11.1. The van der Waals surface area contributed by atoms with Gasteiger partial charge in [-0.15, -0.1) is 0 Å². The first kappa shape index (κ1) is 19.1. The predicted molar refractivity (Wildman–Crippen MR) is 117 cm³/mol. The standard InChI is InChI=1S/C23H22N2O4S/c1-3-30(27,28)13-14-10-18(21-20(11-14)24-22(29-21)15-8-9-15)19-12-25(2)23(26)17-7-5-4-6-16(17)19/h4-7,10-12,15H,3,8-9,13H2,1-2H3. The minimum atomic E-state index is -3.21. The number of rotatable bonds is 5. The quantitative estimate of drug-likeness (QED) is 0.482. The van der Waals surface area contributed by atoms with Crippen molar-refractivity contribution in [3.63, 3.8) is 0 Å². The summed E-state index contributed by atoms with van der Waals surface area (Å²) < 4.78 is 32.3. The van der Waals surface area contributed by atoms with Crippen molar-refractivity contribution in [2.75, 3.05) is 5.75 Å². The van der Waals surface area contributed by atoms with Crippen LogP contribution < -0.4 is 5.56 Å². The van der Waals surface area contributed by atoms with Gasteiger partial charge in [0.2, 0.25) is 0 Å². The molecule has 0 bridgehead atoms. The van der Waals surface area contributed by atoms with Crippen molar-refractivity contribution in [3.05, 3.63) is 64.4 Å². The van der Waals surface area contributed by atoms with E-state index in [4.69, 9.17) is 4.42 Å². The average Bonchev–Trinajstić information content (AvgIpc) is 3.49. The van der Waals surface area contributed by atoms with Gasteiger partial charge in [0.1, 0.15) is 5.52 Å². The number of sulfone groups is 1. The smallest absolute Gasteiger partial charge is 0.258 e. The van der Waals surface area contributed by atoms with Crippen molar-refractivity contribution in [2.45, 2.75) is 31.4 Å². The monoisotopic (exact) mass is 422 g/mol. The topological polar surface area (TPSA) is 82.2 Å². The summed E-state index contributed by atoms with van der Waals surface area (Å²) in [5.41, 5.74) is 3.48. The van der Waals surface area contributed by atoms with Crippen LogP contribution >= 0.6 is 0 Å². The second-order valence-corrected chi connectivity index (χ2v) is 10.4. The van der Waals surface area contributed by atoms with Gasteiger partial charge in [-0.05, 0) is 42.0 Å². The van der Waals surface area contributed by atoms with Crippen molar-refractivity contribution in [1.29, 1.82) is 0 Å². The zero-order valence-corrected chi connectivity index (χ0v) is 17.7. The van der Waals surface area contributed by atoms with E-state index in [1.54, 1.807) is 30.8 Å². The van der Waals surface area contributed by atoms with E-state index in [0.717, 1.165) is 29.4 Å². The highest BCUT2D eigenvalue weighted by molar-refractivity contribution is 7.90. The lowest BCUT2D eigenvalue weighted by Gasteiger charge is -2.11. The molecule has 4 aromatic rings. The molecule has 7 heteroatoms. The Labute approximate surface area is 174 Å². The number of nitrogens with zero attached hydrogens (tertiary/aromatic N) is 2. The third-order valence-electron chi connectivity index (χ3n) is 5.70. The number of pyridine rings is 1. The fourth-order valence-corrected chi connectivity index (χ4v) is 4.76. The molecule has 2 heterocycles. The Balaban J connectivity index is 1.82. The van der Waals surface area contributed by atoms with Gasteiger partial charge in [0.15, 0.2) is 21.3 Å². The Bertz CT molecular complexity index is 1460. The summed E-state index contributed by atoms with van der Waals surface area (Å²) in [7, 11) is -1.49. The number of hydrogen-bond donors (Lipinski definition) is 0. The van der Waals surface area contributed by atoms with Crippen LogP contribution in [0.2, 0.25) is 0 Å². The average molecular weight is 423 g/mol. The first-order valence-electron chi connectivity index (χ1n) is 10.1. The normalized spacial score (nSPS) is 14.6. The van der Waals surface area contributed by atoms with Crippen molar-refractivity contribution < 1.29 is 12.8 Å².